The predicted molar refractivity (Wildman–Crippen MR) is 103 cm³/mol. The highest BCUT2D eigenvalue weighted by Crippen LogP contribution is 2.16. The number of ether oxygens (including phenoxy) is 2. The number of carbonyl (C=O) groups is 4. The third-order valence-electron chi connectivity index (χ3n) is 3.62. The summed E-state index contributed by atoms with van der Waals surface area (Å²) in [5, 5.41) is 10.1. The van der Waals surface area contributed by atoms with Crippen molar-refractivity contribution in [3.05, 3.63) is 24.3 Å². The molecule has 0 heterocycles. The van der Waals surface area contributed by atoms with Gasteiger partial charge in [0, 0.05) is 11.4 Å². The molecule has 0 aliphatic carbocycles. The van der Waals surface area contributed by atoms with Gasteiger partial charge in [0.25, 0.3) is 0 Å². The summed E-state index contributed by atoms with van der Waals surface area (Å²) in [6.45, 7) is 6.02. The molecule has 10 nitrogen and oxygen atoms in total. The third kappa shape index (κ3) is 6.45. The Morgan fingerprint density at radius 2 is 1.11 bits per heavy atom. The van der Waals surface area contributed by atoms with Crippen LogP contribution in [0.4, 0.5) is 21.0 Å². The molecule has 4 N–H and O–H groups in total. The summed E-state index contributed by atoms with van der Waals surface area (Å²) < 4.78 is 9.25. The van der Waals surface area contributed by atoms with Crippen molar-refractivity contribution in [2.75, 3.05) is 24.9 Å². The second-order valence-electron chi connectivity index (χ2n) is 6.97. The maximum atomic E-state index is 12.1. The second kappa shape index (κ2) is 9.07. The Kier molecular flexibility index (Phi) is 7.36. The van der Waals surface area contributed by atoms with E-state index in [2.05, 4.69) is 30.7 Å². The quantitative estimate of drug-likeness (QED) is 0.544. The van der Waals surface area contributed by atoms with Gasteiger partial charge in [-0.25, -0.2) is 19.2 Å². The van der Waals surface area contributed by atoms with Gasteiger partial charge in [-0.3, -0.25) is 0 Å². The number of carbonyl (C=O) groups excluding carboxylic acids is 4. The Morgan fingerprint density at radius 1 is 0.750 bits per heavy atom. The van der Waals surface area contributed by atoms with Crippen LogP contribution in [0.25, 0.3) is 0 Å². The van der Waals surface area contributed by atoms with Gasteiger partial charge in [0.05, 0.1) is 14.2 Å². The Balaban J connectivity index is 2.74. The average Bonchev–Trinajstić information content (AvgIpc) is 2.59. The lowest BCUT2D eigenvalue weighted by Crippen LogP contribution is -2.51. The van der Waals surface area contributed by atoms with Gasteiger partial charge in [0.2, 0.25) is 0 Å². The van der Waals surface area contributed by atoms with Crippen molar-refractivity contribution in [2.24, 2.45) is 0 Å². The Bertz CT molecular complexity index is 701. The van der Waals surface area contributed by atoms with E-state index in [0.717, 1.165) is 0 Å². The molecule has 4 amide bonds. The molecule has 0 saturated carbocycles. The first-order valence-electron chi connectivity index (χ1n) is 8.36. The maximum Gasteiger partial charge on any atom is 0.331 e. The summed E-state index contributed by atoms with van der Waals surface area (Å²) in [4.78, 5) is 47.5. The van der Waals surface area contributed by atoms with Gasteiger partial charge >= 0.3 is 24.0 Å². The molecule has 1 rings (SSSR count). The lowest BCUT2D eigenvalue weighted by Gasteiger charge is -2.23. The molecule has 0 spiro atoms. The molecule has 0 aliphatic heterocycles. The minimum absolute atomic E-state index is 0.378. The Hall–Kier alpha value is -3.30. The lowest BCUT2D eigenvalue weighted by atomic mass is 10.1. The molecule has 1 aromatic rings. The summed E-state index contributed by atoms with van der Waals surface area (Å²) >= 11 is 0. The Labute approximate surface area is 163 Å². The van der Waals surface area contributed by atoms with E-state index in [-0.39, 0.29) is 0 Å². The summed E-state index contributed by atoms with van der Waals surface area (Å²) in [7, 11) is 2.46. The topological polar surface area (TPSA) is 135 Å². The monoisotopic (exact) mass is 394 g/mol. The van der Waals surface area contributed by atoms with E-state index in [9.17, 15) is 19.2 Å². The molecule has 0 atom stereocenters. The van der Waals surface area contributed by atoms with Gasteiger partial charge < -0.3 is 30.7 Å². The van der Waals surface area contributed by atoms with Crippen LogP contribution in [-0.4, -0.2) is 49.3 Å². The van der Waals surface area contributed by atoms with E-state index in [4.69, 9.17) is 0 Å². The number of urea groups is 2. The van der Waals surface area contributed by atoms with Crippen LogP contribution in [0.15, 0.2) is 24.3 Å². The molecule has 1 aromatic carbocycles. The van der Waals surface area contributed by atoms with Gasteiger partial charge in [0.15, 0.2) is 0 Å². The van der Waals surface area contributed by atoms with Crippen molar-refractivity contribution in [3.8, 4) is 0 Å². The van der Waals surface area contributed by atoms with Crippen molar-refractivity contribution in [1.82, 2.24) is 10.6 Å². The lowest BCUT2D eigenvalue weighted by molar-refractivity contribution is -0.147. The smallest absolute Gasteiger partial charge is 0.331 e. The molecule has 0 fully saturated rings. The summed E-state index contributed by atoms with van der Waals surface area (Å²) in [5.41, 5.74) is -1.67. The normalized spacial score (nSPS) is 11.1. The van der Waals surface area contributed by atoms with E-state index in [1.165, 1.54) is 48.0 Å². The zero-order valence-corrected chi connectivity index (χ0v) is 16.8. The fourth-order valence-electron chi connectivity index (χ4n) is 2.18. The second-order valence-corrected chi connectivity index (χ2v) is 6.97. The van der Waals surface area contributed by atoms with E-state index in [1.807, 2.05) is 0 Å². The third-order valence-corrected chi connectivity index (χ3v) is 3.62. The molecule has 0 aliphatic rings. The zero-order chi connectivity index (χ0) is 21.5. The molecule has 0 unspecified atom stereocenters. The van der Waals surface area contributed by atoms with Crippen molar-refractivity contribution in [3.63, 3.8) is 0 Å². The molecule has 0 bridgehead atoms. The largest absolute Gasteiger partial charge is 0.467 e. The van der Waals surface area contributed by atoms with Crippen molar-refractivity contribution < 1.29 is 28.7 Å². The highest BCUT2D eigenvalue weighted by atomic mass is 16.5. The number of anilines is 2. The number of methoxy groups -OCH3 is 2. The van der Waals surface area contributed by atoms with Gasteiger partial charge in [-0.15, -0.1) is 0 Å². The molecule has 154 valence electrons. The Morgan fingerprint density at radius 3 is 1.43 bits per heavy atom. The van der Waals surface area contributed by atoms with Crippen molar-refractivity contribution >= 4 is 35.4 Å². The number of benzene rings is 1. The fourth-order valence-corrected chi connectivity index (χ4v) is 2.18. The van der Waals surface area contributed by atoms with Crippen LogP contribution in [0.5, 0.6) is 0 Å². The van der Waals surface area contributed by atoms with E-state index >= 15 is 0 Å². The van der Waals surface area contributed by atoms with Gasteiger partial charge in [-0.05, 0) is 45.9 Å². The number of rotatable bonds is 6. The van der Waals surface area contributed by atoms with Crippen LogP contribution >= 0.6 is 0 Å². The van der Waals surface area contributed by atoms with E-state index in [0.29, 0.717) is 11.4 Å². The van der Waals surface area contributed by atoms with Crippen LogP contribution in [0, 0.1) is 0 Å². The molecular weight excluding hydrogens is 368 g/mol. The highest BCUT2D eigenvalue weighted by Gasteiger charge is 2.31. The molecule has 28 heavy (non-hydrogen) atoms. The van der Waals surface area contributed by atoms with Crippen LogP contribution in [0.2, 0.25) is 0 Å². The highest BCUT2D eigenvalue weighted by molar-refractivity contribution is 5.96. The predicted octanol–water partition coefficient (Wildman–Crippen LogP) is 1.83. The summed E-state index contributed by atoms with van der Waals surface area (Å²) in [5.74, 6) is -1.19. The molecule has 0 saturated heterocycles. The SMILES string of the molecule is COC(=O)C(C)(C)NC(=O)Nc1cccc(NC(=O)NC(C)(C)C(=O)OC)c1. The van der Waals surface area contributed by atoms with E-state index < -0.39 is 35.1 Å². The average molecular weight is 394 g/mol. The van der Waals surface area contributed by atoms with Crippen molar-refractivity contribution in [1.29, 1.82) is 0 Å². The fraction of sp³-hybridized carbons (Fsp3) is 0.444. The van der Waals surface area contributed by atoms with Gasteiger partial charge in [-0.1, -0.05) is 6.07 Å². The van der Waals surface area contributed by atoms with Crippen LogP contribution in [-0.2, 0) is 19.1 Å². The molecule has 0 aromatic heterocycles. The van der Waals surface area contributed by atoms with E-state index in [1.54, 1.807) is 18.2 Å². The minimum Gasteiger partial charge on any atom is -0.467 e. The first-order chi connectivity index (χ1) is 12.9. The number of amides is 4. The van der Waals surface area contributed by atoms with Crippen molar-refractivity contribution in [2.45, 2.75) is 38.8 Å². The van der Waals surface area contributed by atoms with Crippen LogP contribution < -0.4 is 21.3 Å². The first kappa shape index (κ1) is 22.7. The molecule has 10 heteroatoms. The minimum atomic E-state index is -1.21. The summed E-state index contributed by atoms with van der Waals surface area (Å²) in [6.07, 6.45) is 0. The number of hydrogen-bond donors (Lipinski definition) is 4. The van der Waals surface area contributed by atoms with Gasteiger partial charge in [-0.2, -0.15) is 0 Å². The number of nitrogens with one attached hydrogen (secondary N) is 4. The molecular formula is C18H26N4O6. The van der Waals surface area contributed by atoms with Gasteiger partial charge in [0.1, 0.15) is 11.1 Å². The first-order valence-corrected chi connectivity index (χ1v) is 8.36. The van der Waals surface area contributed by atoms with Crippen LogP contribution in [0.3, 0.4) is 0 Å². The standard InChI is InChI=1S/C18H26N4O6/c1-17(2,13(23)27-5)21-15(25)19-11-8-7-9-12(10-11)20-16(26)22-18(3,4)14(24)28-6/h7-10H,1-6H3,(H2,19,21,25)(H2,20,22,26). The number of hydrogen-bond acceptors (Lipinski definition) is 6. The van der Waals surface area contributed by atoms with Crippen LogP contribution in [0.1, 0.15) is 27.7 Å². The number of esters is 2. The zero-order valence-electron chi connectivity index (χ0n) is 16.8. The maximum absolute atomic E-state index is 12.1. The summed E-state index contributed by atoms with van der Waals surface area (Å²) in [6, 6.07) is 5.09. The molecule has 0 radical (unpaired) electrons.